The van der Waals surface area contributed by atoms with E-state index >= 15 is 0 Å². The van der Waals surface area contributed by atoms with Gasteiger partial charge < -0.3 is 5.32 Å². The average Bonchev–Trinajstić information content (AvgIpc) is 2.30. The van der Waals surface area contributed by atoms with Gasteiger partial charge in [-0.25, -0.2) is 4.39 Å². The highest BCUT2D eigenvalue weighted by molar-refractivity contribution is 4.87. The van der Waals surface area contributed by atoms with Crippen LogP contribution < -0.4 is 5.32 Å². The first-order chi connectivity index (χ1) is 7.68. The molecule has 1 aliphatic heterocycles. The quantitative estimate of drug-likeness (QED) is 0.762. The van der Waals surface area contributed by atoms with E-state index in [1.165, 1.54) is 19.3 Å². The summed E-state index contributed by atoms with van der Waals surface area (Å²) in [6.45, 7) is 6.67. The summed E-state index contributed by atoms with van der Waals surface area (Å²) in [6, 6.07) is 0. The van der Waals surface area contributed by atoms with E-state index in [1.54, 1.807) is 0 Å². The summed E-state index contributed by atoms with van der Waals surface area (Å²) in [5.74, 6) is 2.32. The number of nitrogens with one attached hydrogen (secondary N) is 1. The predicted octanol–water partition coefficient (Wildman–Crippen LogP) is 3.40. The molecule has 2 aliphatic rings. The first-order valence-corrected chi connectivity index (χ1v) is 7.03. The number of rotatable bonds is 2. The first-order valence-electron chi connectivity index (χ1n) is 7.03. The lowest BCUT2D eigenvalue weighted by molar-refractivity contribution is 0.0566. The molecule has 1 nitrogen and oxygen atoms in total. The zero-order valence-electron chi connectivity index (χ0n) is 10.7. The minimum Gasteiger partial charge on any atom is -0.317 e. The Morgan fingerprint density at radius 2 is 1.75 bits per heavy atom. The van der Waals surface area contributed by atoms with Crippen LogP contribution in [0.4, 0.5) is 4.39 Å². The fraction of sp³-hybridized carbons (Fsp3) is 1.00. The molecule has 0 radical (unpaired) electrons. The van der Waals surface area contributed by atoms with Crippen molar-refractivity contribution in [2.75, 3.05) is 13.1 Å². The van der Waals surface area contributed by atoms with Gasteiger partial charge in [-0.15, -0.1) is 0 Å². The molecule has 16 heavy (non-hydrogen) atoms. The fourth-order valence-electron chi connectivity index (χ4n) is 3.58. The Labute approximate surface area is 99.2 Å². The molecule has 2 heteroatoms. The maximum Gasteiger partial charge on any atom is 0.103 e. The topological polar surface area (TPSA) is 12.0 Å². The third kappa shape index (κ3) is 2.77. The largest absolute Gasteiger partial charge is 0.317 e. The van der Waals surface area contributed by atoms with E-state index in [9.17, 15) is 4.39 Å². The predicted molar refractivity (Wildman–Crippen MR) is 66.2 cm³/mol. The van der Waals surface area contributed by atoms with Crippen molar-refractivity contribution in [3.05, 3.63) is 0 Å². The fourth-order valence-corrected chi connectivity index (χ4v) is 3.58. The Bertz CT molecular complexity index is 211. The standard InChI is InChI=1S/C14H26FN/c1-10(2)12-3-4-13(14(15)9-12)11-5-7-16-8-6-11/h10-14,16H,3-9H2,1-2H3. The van der Waals surface area contributed by atoms with Gasteiger partial charge in [0.25, 0.3) is 0 Å². The van der Waals surface area contributed by atoms with Crippen molar-refractivity contribution in [1.29, 1.82) is 0 Å². The molecule has 1 saturated carbocycles. The van der Waals surface area contributed by atoms with E-state index in [1.807, 2.05) is 0 Å². The Morgan fingerprint density at radius 1 is 1.06 bits per heavy atom. The van der Waals surface area contributed by atoms with E-state index in [0.29, 0.717) is 23.7 Å². The molecule has 0 amide bonds. The molecule has 3 unspecified atom stereocenters. The van der Waals surface area contributed by atoms with Gasteiger partial charge in [0.2, 0.25) is 0 Å². The molecule has 1 N–H and O–H groups in total. The molecule has 0 spiro atoms. The second-order valence-corrected chi connectivity index (χ2v) is 6.08. The van der Waals surface area contributed by atoms with E-state index in [0.717, 1.165) is 25.9 Å². The molecule has 1 aliphatic carbocycles. The Hall–Kier alpha value is -0.110. The second kappa shape index (κ2) is 5.48. The van der Waals surface area contributed by atoms with Crippen LogP contribution in [0, 0.1) is 23.7 Å². The lowest BCUT2D eigenvalue weighted by Gasteiger charge is -2.39. The van der Waals surface area contributed by atoms with Crippen molar-refractivity contribution in [2.45, 2.75) is 52.1 Å². The molecule has 1 heterocycles. The zero-order chi connectivity index (χ0) is 11.5. The average molecular weight is 227 g/mol. The van der Waals surface area contributed by atoms with Crippen molar-refractivity contribution >= 4 is 0 Å². The lowest BCUT2D eigenvalue weighted by Crippen LogP contribution is -2.38. The molecule has 0 aromatic carbocycles. The summed E-state index contributed by atoms with van der Waals surface area (Å²) in [7, 11) is 0. The van der Waals surface area contributed by atoms with Gasteiger partial charge in [-0.3, -0.25) is 0 Å². The molecule has 3 atom stereocenters. The molecule has 2 fully saturated rings. The molecule has 0 aromatic rings. The van der Waals surface area contributed by atoms with Crippen molar-refractivity contribution < 1.29 is 4.39 Å². The maximum atomic E-state index is 14.2. The Morgan fingerprint density at radius 3 is 2.31 bits per heavy atom. The molecular weight excluding hydrogens is 201 g/mol. The Kier molecular flexibility index (Phi) is 4.23. The van der Waals surface area contributed by atoms with Crippen LogP contribution in [0.2, 0.25) is 0 Å². The molecule has 94 valence electrons. The van der Waals surface area contributed by atoms with Crippen LogP contribution >= 0.6 is 0 Å². The van der Waals surface area contributed by atoms with Gasteiger partial charge in [0.15, 0.2) is 0 Å². The number of piperidine rings is 1. The monoisotopic (exact) mass is 227 g/mol. The van der Waals surface area contributed by atoms with Crippen LogP contribution in [-0.4, -0.2) is 19.3 Å². The van der Waals surface area contributed by atoms with Crippen LogP contribution in [-0.2, 0) is 0 Å². The van der Waals surface area contributed by atoms with Gasteiger partial charge in [-0.05, 0) is 68.9 Å². The summed E-state index contributed by atoms with van der Waals surface area (Å²) in [5, 5.41) is 3.37. The Balaban J connectivity index is 1.87. The minimum atomic E-state index is -0.524. The van der Waals surface area contributed by atoms with Crippen molar-refractivity contribution in [1.82, 2.24) is 5.32 Å². The lowest BCUT2D eigenvalue weighted by atomic mass is 9.69. The van der Waals surface area contributed by atoms with Gasteiger partial charge >= 0.3 is 0 Å². The van der Waals surface area contributed by atoms with Gasteiger partial charge in [0, 0.05) is 0 Å². The molecule has 1 saturated heterocycles. The summed E-state index contributed by atoms with van der Waals surface area (Å²) in [4.78, 5) is 0. The van der Waals surface area contributed by atoms with Crippen molar-refractivity contribution in [3.63, 3.8) is 0 Å². The van der Waals surface area contributed by atoms with Crippen LogP contribution in [0.15, 0.2) is 0 Å². The highest BCUT2D eigenvalue weighted by Crippen LogP contribution is 2.40. The van der Waals surface area contributed by atoms with Crippen molar-refractivity contribution in [2.24, 2.45) is 23.7 Å². The normalized spacial score (nSPS) is 37.9. The number of alkyl halides is 1. The van der Waals surface area contributed by atoms with Gasteiger partial charge in [-0.2, -0.15) is 0 Å². The summed E-state index contributed by atoms with van der Waals surface area (Å²) < 4.78 is 14.2. The molecule has 2 rings (SSSR count). The van der Waals surface area contributed by atoms with E-state index in [4.69, 9.17) is 0 Å². The van der Waals surface area contributed by atoms with Crippen LogP contribution in [0.25, 0.3) is 0 Å². The third-order valence-corrected chi connectivity index (χ3v) is 4.80. The van der Waals surface area contributed by atoms with Crippen molar-refractivity contribution in [3.8, 4) is 0 Å². The zero-order valence-corrected chi connectivity index (χ0v) is 10.7. The summed E-state index contributed by atoms with van der Waals surface area (Å²) >= 11 is 0. The SMILES string of the molecule is CC(C)C1CCC(C2CCNCC2)C(F)C1. The number of halogens is 1. The van der Waals surface area contributed by atoms with E-state index in [2.05, 4.69) is 19.2 Å². The van der Waals surface area contributed by atoms with E-state index in [-0.39, 0.29) is 0 Å². The van der Waals surface area contributed by atoms with Gasteiger partial charge in [-0.1, -0.05) is 13.8 Å². The van der Waals surface area contributed by atoms with Crippen LogP contribution in [0.1, 0.15) is 46.0 Å². The van der Waals surface area contributed by atoms with Crippen LogP contribution in [0.3, 0.4) is 0 Å². The maximum absolute atomic E-state index is 14.2. The van der Waals surface area contributed by atoms with E-state index < -0.39 is 6.17 Å². The van der Waals surface area contributed by atoms with Crippen LogP contribution in [0.5, 0.6) is 0 Å². The number of hydrogen-bond acceptors (Lipinski definition) is 1. The molecule has 0 bridgehead atoms. The first kappa shape index (κ1) is 12.3. The summed E-state index contributed by atoms with van der Waals surface area (Å²) in [5.41, 5.74) is 0. The second-order valence-electron chi connectivity index (χ2n) is 6.08. The van der Waals surface area contributed by atoms with Gasteiger partial charge in [0.05, 0.1) is 0 Å². The number of hydrogen-bond donors (Lipinski definition) is 1. The minimum absolute atomic E-state index is 0.372. The molecular formula is C14H26FN. The highest BCUT2D eigenvalue weighted by atomic mass is 19.1. The third-order valence-electron chi connectivity index (χ3n) is 4.80. The smallest absolute Gasteiger partial charge is 0.103 e. The summed E-state index contributed by atoms with van der Waals surface area (Å²) in [6.07, 6.45) is 5.08. The van der Waals surface area contributed by atoms with Gasteiger partial charge in [0.1, 0.15) is 6.17 Å². The highest BCUT2D eigenvalue weighted by Gasteiger charge is 2.36. The molecule has 0 aromatic heterocycles.